The van der Waals surface area contributed by atoms with E-state index in [4.69, 9.17) is 0 Å². The fourth-order valence-corrected chi connectivity index (χ4v) is 1.92. The first-order chi connectivity index (χ1) is 4.79. The third-order valence-electron chi connectivity index (χ3n) is 1.23. The van der Waals surface area contributed by atoms with E-state index in [1.165, 1.54) is 5.30 Å². The quantitative estimate of drug-likeness (QED) is 0.571. The highest BCUT2D eigenvalue weighted by molar-refractivity contribution is 7.47. The van der Waals surface area contributed by atoms with Gasteiger partial charge in [-0.05, 0) is 11.0 Å². The van der Waals surface area contributed by atoms with Crippen molar-refractivity contribution in [3.63, 3.8) is 0 Å². The van der Waals surface area contributed by atoms with E-state index in [1.807, 2.05) is 0 Å². The third-order valence-corrected chi connectivity index (χ3v) is 2.47. The summed E-state index contributed by atoms with van der Waals surface area (Å²) >= 11 is 0. The zero-order valence-corrected chi connectivity index (χ0v) is 7.46. The van der Waals surface area contributed by atoms with Crippen molar-refractivity contribution in [2.24, 2.45) is 0 Å². The van der Waals surface area contributed by atoms with Crippen LogP contribution < -0.4 is 5.30 Å². The van der Waals surface area contributed by atoms with Crippen molar-refractivity contribution in [1.29, 1.82) is 0 Å². The molecule has 0 aromatic heterocycles. The molecule has 0 N–H and O–H groups in total. The average molecular weight is 152 g/mol. The van der Waals surface area contributed by atoms with Crippen LogP contribution in [0.5, 0.6) is 0 Å². The van der Waals surface area contributed by atoms with Crippen LogP contribution in [0.1, 0.15) is 13.8 Å². The smallest absolute Gasteiger partial charge is 0.0253 e. The molecule has 1 heteroatoms. The first-order valence-electron chi connectivity index (χ1n) is 3.60. The zero-order valence-electron chi connectivity index (χ0n) is 6.46. The first-order valence-corrected chi connectivity index (χ1v) is 4.68. The van der Waals surface area contributed by atoms with Gasteiger partial charge >= 0.3 is 0 Å². The van der Waals surface area contributed by atoms with Gasteiger partial charge in [0.05, 0.1) is 0 Å². The minimum atomic E-state index is 0.794. The maximum atomic E-state index is 2.26. The molecule has 10 heavy (non-hydrogen) atoms. The summed E-state index contributed by atoms with van der Waals surface area (Å²) in [5.74, 6) is 0. The second-order valence-electron chi connectivity index (χ2n) is 2.67. The molecule has 0 amide bonds. The number of benzene rings is 1. The fraction of sp³-hybridized carbons (Fsp3) is 0.333. The largest absolute Gasteiger partial charge is 0.0878 e. The van der Waals surface area contributed by atoms with Crippen LogP contribution in [0, 0.1) is 0 Å². The van der Waals surface area contributed by atoms with Crippen LogP contribution in [-0.4, -0.2) is 5.66 Å². The van der Waals surface area contributed by atoms with Gasteiger partial charge < -0.3 is 0 Å². The Kier molecular flexibility index (Phi) is 2.89. The standard InChI is InChI=1S/C9H13P/c1-8(2)10-9-6-4-3-5-7-9/h3-8,10H,1-2H3. The van der Waals surface area contributed by atoms with Gasteiger partial charge in [-0.1, -0.05) is 52.8 Å². The molecule has 0 aliphatic heterocycles. The van der Waals surface area contributed by atoms with Crippen molar-refractivity contribution in [3.05, 3.63) is 30.3 Å². The molecule has 0 saturated carbocycles. The molecule has 0 spiro atoms. The van der Waals surface area contributed by atoms with Crippen molar-refractivity contribution in [2.75, 3.05) is 0 Å². The van der Waals surface area contributed by atoms with Crippen molar-refractivity contribution in [2.45, 2.75) is 19.5 Å². The van der Waals surface area contributed by atoms with Crippen molar-refractivity contribution >= 4 is 13.9 Å². The number of hydrogen-bond acceptors (Lipinski definition) is 0. The normalized spacial score (nSPS) is 11.5. The second-order valence-corrected chi connectivity index (χ2v) is 4.69. The molecular formula is C9H13P. The SMILES string of the molecule is CC(C)Pc1ccccc1. The highest BCUT2D eigenvalue weighted by Gasteiger charge is 1.93. The van der Waals surface area contributed by atoms with Crippen molar-refractivity contribution in [3.8, 4) is 0 Å². The Morgan fingerprint density at radius 3 is 2.20 bits per heavy atom. The third kappa shape index (κ3) is 2.49. The Hall–Kier alpha value is -0.350. The summed E-state index contributed by atoms with van der Waals surface area (Å²) in [6, 6.07) is 10.7. The molecule has 0 aliphatic rings. The number of rotatable bonds is 2. The average Bonchev–Trinajstić information content (AvgIpc) is 1.88. The molecule has 1 rings (SSSR count). The van der Waals surface area contributed by atoms with Crippen molar-refractivity contribution in [1.82, 2.24) is 0 Å². The summed E-state index contributed by atoms with van der Waals surface area (Å²) in [5, 5.41) is 1.47. The summed E-state index contributed by atoms with van der Waals surface area (Å²) in [6.07, 6.45) is 0. The summed E-state index contributed by atoms with van der Waals surface area (Å²) in [5.41, 5.74) is 0.794. The molecule has 0 fully saturated rings. The lowest BCUT2D eigenvalue weighted by Gasteiger charge is -2.03. The van der Waals surface area contributed by atoms with E-state index >= 15 is 0 Å². The van der Waals surface area contributed by atoms with Crippen LogP contribution in [0.4, 0.5) is 0 Å². The molecule has 0 bridgehead atoms. The minimum Gasteiger partial charge on any atom is -0.0878 e. The van der Waals surface area contributed by atoms with Crippen LogP contribution in [0.15, 0.2) is 30.3 Å². The highest BCUT2D eigenvalue weighted by atomic mass is 31.1. The predicted molar refractivity (Wildman–Crippen MR) is 49.5 cm³/mol. The van der Waals surface area contributed by atoms with Crippen LogP contribution in [0.3, 0.4) is 0 Å². The maximum absolute atomic E-state index is 2.26. The van der Waals surface area contributed by atoms with Gasteiger partial charge in [0.25, 0.3) is 0 Å². The molecule has 0 nitrogen and oxygen atoms in total. The van der Waals surface area contributed by atoms with E-state index in [2.05, 4.69) is 44.2 Å². The van der Waals surface area contributed by atoms with Gasteiger partial charge in [-0.3, -0.25) is 0 Å². The molecule has 1 aromatic carbocycles. The summed E-state index contributed by atoms with van der Waals surface area (Å²) < 4.78 is 0. The van der Waals surface area contributed by atoms with Gasteiger partial charge in [0.15, 0.2) is 0 Å². The van der Waals surface area contributed by atoms with Gasteiger partial charge in [-0.25, -0.2) is 0 Å². The van der Waals surface area contributed by atoms with E-state index in [0.29, 0.717) is 0 Å². The Labute approximate surface area is 64.4 Å². The minimum absolute atomic E-state index is 0.794. The summed E-state index contributed by atoms with van der Waals surface area (Å²) in [7, 11) is 0.961. The molecule has 0 heterocycles. The van der Waals surface area contributed by atoms with Crippen LogP contribution >= 0.6 is 8.58 Å². The summed E-state index contributed by atoms with van der Waals surface area (Å²) in [6.45, 7) is 4.51. The van der Waals surface area contributed by atoms with Gasteiger partial charge in [-0.2, -0.15) is 0 Å². The van der Waals surface area contributed by atoms with Gasteiger partial charge in [-0.15, -0.1) is 0 Å². The zero-order chi connectivity index (χ0) is 7.40. The van der Waals surface area contributed by atoms with E-state index in [0.717, 1.165) is 14.2 Å². The van der Waals surface area contributed by atoms with Crippen LogP contribution in [0.25, 0.3) is 0 Å². The fourth-order valence-electron chi connectivity index (χ4n) is 0.868. The molecular weight excluding hydrogens is 139 g/mol. The van der Waals surface area contributed by atoms with Gasteiger partial charge in [0.2, 0.25) is 0 Å². The molecule has 1 atom stereocenters. The Balaban J connectivity index is 2.59. The Bertz CT molecular complexity index is 179. The lowest BCUT2D eigenvalue weighted by molar-refractivity contribution is 1.11. The van der Waals surface area contributed by atoms with Gasteiger partial charge in [0.1, 0.15) is 0 Å². The van der Waals surface area contributed by atoms with E-state index in [9.17, 15) is 0 Å². The van der Waals surface area contributed by atoms with E-state index in [1.54, 1.807) is 0 Å². The highest BCUT2D eigenvalue weighted by Crippen LogP contribution is 2.16. The molecule has 1 aromatic rings. The monoisotopic (exact) mass is 152 g/mol. The molecule has 54 valence electrons. The lowest BCUT2D eigenvalue weighted by Crippen LogP contribution is -1.96. The number of hydrogen-bond donors (Lipinski definition) is 0. The van der Waals surface area contributed by atoms with E-state index < -0.39 is 0 Å². The maximum Gasteiger partial charge on any atom is -0.0253 e. The summed E-state index contributed by atoms with van der Waals surface area (Å²) in [4.78, 5) is 0. The molecule has 0 radical (unpaired) electrons. The first kappa shape index (κ1) is 7.75. The second kappa shape index (κ2) is 3.73. The van der Waals surface area contributed by atoms with Crippen LogP contribution in [-0.2, 0) is 0 Å². The molecule has 1 unspecified atom stereocenters. The molecule has 0 saturated heterocycles. The lowest BCUT2D eigenvalue weighted by atomic mass is 10.4. The van der Waals surface area contributed by atoms with Gasteiger partial charge in [0, 0.05) is 0 Å². The van der Waals surface area contributed by atoms with Crippen LogP contribution in [0.2, 0.25) is 0 Å². The topological polar surface area (TPSA) is 0 Å². The molecule has 0 aliphatic carbocycles. The van der Waals surface area contributed by atoms with E-state index in [-0.39, 0.29) is 0 Å². The Morgan fingerprint density at radius 2 is 1.70 bits per heavy atom. The Morgan fingerprint density at radius 1 is 1.10 bits per heavy atom. The van der Waals surface area contributed by atoms with Crippen molar-refractivity contribution < 1.29 is 0 Å². The predicted octanol–water partition coefficient (Wildman–Crippen LogP) is 2.40.